The predicted molar refractivity (Wildman–Crippen MR) is 71.1 cm³/mol. The van der Waals surface area contributed by atoms with Crippen LogP contribution in [0.3, 0.4) is 0 Å². The van der Waals surface area contributed by atoms with Crippen molar-refractivity contribution in [3.8, 4) is 0 Å². The summed E-state index contributed by atoms with van der Waals surface area (Å²) in [7, 11) is 0. The Kier molecular flexibility index (Phi) is 12.3. The fourth-order valence-electron chi connectivity index (χ4n) is 1.74. The van der Waals surface area contributed by atoms with Crippen LogP contribution in [0.2, 0.25) is 0 Å². The molecule has 0 saturated carbocycles. The minimum absolute atomic E-state index is 0.0609. The van der Waals surface area contributed by atoms with Gasteiger partial charge in [-0.3, -0.25) is 0 Å². The van der Waals surface area contributed by atoms with Crippen LogP contribution in [0, 0.1) is 0 Å². The summed E-state index contributed by atoms with van der Waals surface area (Å²) in [6.45, 7) is 4.55. The second-order valence-corrected chi connectivity index (χ2v) is 4.76. The molecule has 2 unspecified atom stereocenters. The summed E-state index contributed by atoms with van der Waals surface area (Å²) in [5.41, 5.74) is 0. The minimum Gasteiger partial charge on any atom is -0.394 e. The van der Waals surface area contributed by atoms with Gasteiger partial charge in [0, 0.05) is 0 Å². The maximum absolute atomic E-state index is 9.36. The highest BCUT2D eigenvalue weighted by atomic mass is 16.5. The molecule has 0 radical (unpaired) electrons. The van der Waals surface area contributed by atoms with Gasteiger partial charge in [0.15, 0.2) is 0 Å². The molecule has 3 nitrogen and oxygen atoms in total. The topological polar surface area (TPSA) is 49.7 Å². The van der Waals surface area contributed by atoms with Gasteiger partial charge in [-0.25, -0.2) is 0 Å². The lowest BCUT2D eigenvalue weighted by molar-refractivity contribution is -0.0365. The van der Waals surface area contributed by atoms with E-state index in [1.54, 1.807) is 0 Å². The van der Waals surface area contributed by atoms with E-state index in [1.807, 2.05) is 6.92 Å². The Morgan fingerprint density at radius 1 is 1.00 bits per heavy atom. The molecule has 0 bridgehead atoms. The summed E-state index contributed by atoms with van der Waals surface area (Å²) in [5, 5.41) is 18.5. The van der Waals surface area contributed by atoms with Crippen molar-refractivity contribution in [3.05, 3.63) is 0 Å². The second-order valence-electron chi connectivity index (χ2n) is 4.76. The summed E-state index contributed by atoms with van der Waals surface area (Å²) in [6, 6.07) is 0. The molecule has 2 N–H and O–H groups in total. The highest BCUT2D eigenvalue weighted by Gasteiger charge is 2.09. The summed E-state index contributed by atoms with van der Waals surface area (Å²) >= 11 is 0. The molecule has 0 aliphatic carbocycles. The molecule has 0 aromatic heterocycles. The van der Waals surface area contributed by atoms with Gasteiger partial charge >= 0.3 is 0 Å². The summed E-state index contributed by atoms with van der Waals surface area (Å²) in [5.74, 6) is 0. The molecule has 104 valence electrons. The third-order valence-electron chi connectivity index (χ3n) is 3.08. The van der Waals surface area contributed by atoms with E-state index >= 15 is 0 Å². The Bertz CT molecular complexity index is 150. The van der Waals surface area contributed by atoms with Gasteiger partial charge < -0.3 is 14.9 Å². The molecule has 0 amide bonds. The Morgan fingerprint density at radius 2 is 1.65 bits per heavy atom. The number of hydrogen-bond donors (Lipinski definition) is 2. The van der Waals surface area contributed by atoms with E-state index < -0.39 is 6.10 Å². The molecule has 0 aromatic carbocycles. The molecule has 0 fully saturated rings. The summed E-state index contributed by atoms with van der Waals surface area (Å²) in [6.07, 6.45) is 8.64. The third kappa shape index (κ3) is 10.7. The number of unbranched alkanes of at least 4 members (excludes halogenated alkanes) is 5. The first kappa shape index (κ1) is 16.9. The first-order valence-electron chi connectivity index (χ1n) is 7.15. The van der Waals surface area contributed by atoms with Gasteiger partial charge in [-0.05, 0) is 12.8 Å². The molecular formula is C14H30O3. The zero-order valence-electron chi connectivity index (χ0n) is 11.5. The number of hydrogen-bond acceptors (Lipinski definition) is 3. The maximum Gasteiger partial charge on any atom is 0.0807 e. The molecule has 0 aliphatic rings. The third-order valence-corrected chi connectivity index (χ3v) is 3.08. The molecule has 3 heteroatoms. The van der Waals surface area contributed by atoms with Crippen molar-refractivity contribution in [2.24, 2.45) is 0 Å². The van der Waals surface area contributed by atoms with Crippen molar-refractivity contribution < 1.29 is 14.9 Å². The van der Waals surface area contributed by atoms with Crippen molar-refractivity contribution in [1.82, 2.24) is 0 Å². The first-order valence-corrected chi connectivity index (χ1v) is 7.15. The standard InChI is InChI=1S/C14H30O3/c1-3-5-6-7-8-9-10-14(11-15)17-12-13(16)4-2/h13-16H,3-12H2,1-2H3. The van der Waals surface area contributed by atoms with E-state index in [0.717, 1.165) is 12.8 Å². The van der Waals surface area contributed by atoms with E-state index in [1.165, 1.54) is 32.1 Å². The van der Waals surface area contributed by atoms with E-state index in [4.69, 9.17) is 9.84 Å². The summed E-state index contributed by atoms with van der Waals surface area (Å²) in [4.78, 5) is 0. The number of ether oxygens (including phenoxy) is 1. The van der Waals surface area contributed by atoms with Crippen LogP contribution in [0.4, 0.5) is 0 Å². The molecule has 17 heavy (non-hydrogen) atoms. The molecule has 0 saturated heterocycles. The minimum atomic E-state index is -0.395. The predicted octanol–water partition coefficient (Wildman–Crippen LogP) is 2.89. The van der Waals surface area contributed by atoms with Gasteiger partial charge in [-0.15, -0.1) is 0 Å². The van der Waals surface area contributed by atoms with Crippen LogP contribution in [-0.2, 0) is 4.74 Å². The maximum atomic E-state index is 9.36. The lowest BCUT2D eigenvalue weighted by atomic mass is 10.1. The normalized spacial score (nSPS) is 14.8. The molecule has 0 heterocycles. The van der Waals surface area contributed by atoms with E-state index in [9.17, 15) is 5.11 Å². The molecule has 0 rings (SSSR count). The van der Waals surface area contributed by atoms with E-state index in [2.05, 4.69) is 6.92 Å². The second kappa shape index (κ2) is 12.3. The van der Waals surface area contributed by atoms with Crippen LogP contribution < -0.4 is 0 Å². The van der Waals surface area contributed by atoms with E-state index in [-0.39, 0.29) is 12.7 Å². The smallest absolute Gasteiger partial charge is 0.0807 e. The average Bonchev–Trinajstić information content (AvgIpc) is 2.36. The fourth-order valence-corrected chi connectivity index (χ4v) is 1.74. The lowest BCUT2D eigenvalue weighted by Gasteiger charge is -2.17. The van der Waals surface area contributed by atoms with Crippen LogP contribution in [0.25, 0.3) is 0 Å². The Hall–Kier alpha value is -0.120. The molecule has 0 spiro atoms. The number of aliphatic hydroxyl groups excluding tert-OH is 2. The van der Waals surface area contributed by atoms with Gasteiger partial charge in [0.25, 0.3) is 0 Å². The summed E-state index contributed by atoms with van der Waals surface area (Å²) < 4.78 is 5.47. The fraction of sp³-hybridized carbons (Fsp3) is 1.00. The zero-order chi connectivity index (χ0) is 12.9. The van der Waals surface area contributed by atoms with Gasteiger partial charge in [-0.2, -0.15) is 0 Å². The van der Waals surface area contributed by atoms with Gasteiger partial charge in [0.1, 0.15) is 0 Å². The largest absolute Gasteiger partial charge is 0.394 e. The van der Waals surface area contributed by atoms with Gasteiger partial charge in [-0.1, -0.05) is 52.4 Å². The number of aliphatic hydroxyl groups is 2. The van der Waals surface area contributed by atoms with Crippen LogP contribution >= 0.6 is 0 Å². The van der Waals surface area contributed by atoms with Crippen LogP contribution in [0.15, 0.2) is 0 Å². The van der Waals surface area contributed by atoms with Crippen molar-refractivity contribution in [1.29, 1.82) is 0 Å². The van der Waals surface area contributed by atoms with Crippen LogP contribution in [0.1, 0.15) is 65.2 Å². The average molecular weight is 246 g/mol. The monoisotopic (exact) mass is 246 g/mol. The molecule has 2 atom stereocenters. The van der Waals surface area contributed by atoms with Gasteiger partial charge in [0.05, 0.1) is 25.4 Å². The van der Waals surface area contributed by atoms with Gasteiger partial charge in [0.2, 0.25) is 0 Å². The van der Waals surface area contributed by atoms with Crippen molar-refractivity contribution in [2.45, 2.75) is 77.4 Å². The quantitative estimate of drug-likeness (QED) is 0.521. The molecule has 0 aromatic rings. The van der Waals surface area contributed by atoms with Crippen molar-refractivity contribution in [3.63, 3.8) is 0 Å². The Labute approximate surface area is 106 Å². The van der Waals surface area contributed by atoms with Crippen LogP contribution in [0.5, 0.6) is 0 Å². The highest BCUT2D eigenvalue weighted by Crippen LogP contribution is 2.10. The first-order chi connectivity index (χ1) is 8.24. The molecular weight excluding hydrogens is 216 g/mol. The van der Waals surface area contributed by atoms with E-state index in [0.29, 0.717) is 13.0 Å². The Balaban J connectivity index is 3.41. The lowest BCUT2D eigenvalue weighted by Crippen LogP contribution is -2.24. The van der Waals surface area contributed by atoms with Crippen molar-refractivity contribution >= 4 is 0 Å². The van der Waals surface area contributed by atoms with Crippen LogP contribution in [-0.4, -0.2) is 35.6 Å². The SMILES string of the molecule is CCCCCCCCC(CO)OCC(O)CC. The molecule has 0 aliphatic heterocycles. The highest BCUT2D eigenvalue weighted by molar-refractivity contribution is 4.59. The zero-order valence-corrected chi connectivity index (χ0v) is 11.5. The Morgan fingerprint density at radius 3 is 2.24 bits per heavy atom. The number of rotatable bonds is 12. The van der Waals surface area contributed by atoms with Crippen molar-refractivity contribution in [2.75, 3.05) is 13.2 Å².